The van der Waals surface area contributed by atoms with Crippen LogP contribution < -0.4 is 0 Å². The Morgan fingerprint density at radius 2 is 1.86 bits per heavy atom. The number of aliphatic hydroxyl groups is 2. The van der Waals surface area contributed by atoms with Crippen LogP contribution in [0.15, 0.2) is 47.3 Å². The SMILES string of the molecule is C[C@]12Cc3cnn(C4CCCCC4)c3C=C1CC[C@@H]1[C@@H]2[C@@H](O)C[C@@]2(C)[C@H]1CC[C@]2(O)C(=O)CSc1cnc2ccccc2n1. The van der Waals surface area contributed by atoms with Crippen molar-refractivity contribution in [2.75, 3.05) is 5.75 Å². The van der Waals surface area contributed by atoms with Crippen molar-refractivity contribution in [1.82, 2.24) is 19.7 Å². The summed E-state index contributed by atoms with van der Waals surface area (Å²) in [5, 5.41) is 29.8. The Labute approximate surface area is 263 Å². The topological polar surface area (TPSA) is 101 Å². The summed E-state index contributed by atoms with van der Waals surface area (Å²) in [6, 6.07) is 8.22. The van der Waals surface area contributed by atoms with E-state index in [1.54, 1.807) is 6.20 Å². The summed E-state index contributed by atoms with van der Waals surface area (Å²) in [6.45, 7) is 4.46. The molecule has 4 fully saturated rings. The lowest BCUT2D eigenvalue weighted by Crippen LogP contribution is -2.62. The van der Waals surface area contributed by atoms with E-state index in [1.165, 1.54) is 60.7 Å². The van der Waals surface area contributed by atoms with E-state index >= 15 is 0 Å². The number of Topliss-reactive ketones (excluding diaryl/α,β-unsaturated/α-hetero) is 1. The standard InChI is InChI=1S/C36H44N4O3S/c1-34-17-22-19-38-40(24-8-4-3-5-9-24)29(22)16-23(34)12-13-25-26-14-15-36(43,35(26,2)18-30(41)33(25)34)31(42)21-44-32-20-37-27-10-6-7-11-28(27)39-32/h6-7,10-11,16,19-20,24-26,30,33,41,43H,3-5,8-9,12-15,17-18,21H2,1-2H3/t25-,26-,30-,33+,34-,35-,36-/m0/s1. The molecule has 0 aliphatic heterocycles. The highest BCUT2D eigenvalue weighted by molar-refractivity contribution is 7.99. The fourth-order valence-electron chi connectivity index (χ4n) is 10.6. The van der Waals surface area contributed by atoms with Gasteiger partial charge >= 0.3 is 0 Å². The van der Waals surface area contributed by atoms with Crippen molar-refractivity contribution in [2.24, 2.45) is 28.6 Å². The molecule has 0 saturated heterocycles. The van der Waals surface area contributed by atoms with E-state index in [9.17, 15) is 15.0 Å². The van der Waals surface area contributed by atoms with Gasteiger partial charge in [0.25, 0.3) is 0 Å². The molecule has 1 aromatic carbocycles. The van der Waals surface area contributed by atoms with E-state index in [-0.39, 0.29) is 34.7 Å². The summed E-state index contributed by atoms with van der Waals surface area (Å²) < 4.78 is 2.31. The molecule has 8 heteroatoms. The zero-order chi connectivity index (χ0) is 30.3. The van der Waals surface area contributed by atoms with E-state index in [0.717, 1.165) is 36.7 Å². The summed E-state index contributed by atoms with van der Waals surface area (Å²) >= 11 is 1.35. The van der Waals surface area contributed by atoms with Crippen LogP contribution in [0.5, 0.6) is 0 Å². The van der Waals surface area contributed by atoms with Crippen LogP contribution in [0.1, 0.15) is 95.4 Å². The molecule has 0 unspecified atom stereocenters. The number of carbonyl (C=O) groups is 1. The number of allylic oxidation sites excluding steroid dienone is 1. The number of aromatic nitrogens is 4. The van der Waals surface area contributed by atoms with Crippen LogP contribution in [0, 0.1) is 28.6 Å². The lowest BCUT2D eigenvalue weighted by molar-refractivity contribution is -0.177. The molecule has 7 nitrogen and oxygen atoms in total. The predicted octanol–water partition coefficient (Wildman–Crippen LogP) is 6.58. The second-order valence-electron chi connectivity index (χ2n) is 14.9. The minimum Gasteiger partial charge on any atom is -0.393 e. The molecule has 5 aliphatic carbocycles. The van der Waals surface area contributed by atoms with Crippen molar-refractivity contribution < 1.29 is 15.0 Å². The molecule has 2 heterocycles. The molecule has 0 amide bonds. The molecular formula is C36H44N4O3S. The highest BCUT2D eigenvalue weighted by Crippen LogP contribution is 2.67. The first-order valence-electron chi connectivity index (χ1n) is 16.8. The van der Waals surface area contributed by atoms with Crippen LogP contribution in [0.2, 0.25) is 0 Å². The quantitative estimate of drug-likeness (QED) is 0.314. The minimum atomic E-state index is -1.45. The third kappa shape index (κ3) is 4.23. The third-order valence-corrected chi connectivity index (χ3v) is 13.7. The van der Waals surface area contributed by atoms with Crippen molar-refractivity contribution in [3.05, 3.63) is 53.5 Å². The van der Waals surface area contributed by atoms with Gasteiger partial charge in [0.15, 0.2) is 5.78 Å². The van der Waals surface area contributed by atoms with Crippen LogP contribution in [-0.4, -0.2) is 53.2 Å². The van der Waals surface area contributed by atoms with Gasteiger partial charge in [-0.2, -0.15) is 5.10 Å². The van der Waals surface area contributed by atoms with Gasteiger partial charge in [-0.05, 0) is 98.3 Å². The van der Waals surface area contributed by atoms with Crippen LogP contribution in [0.25, 0.3) is 17.1 Å². The first kappa shape index (κ1) is 28.9. The number of nitrogens with zero attached hydrogens (tertiary/aromatic N) is 4. The zero-order valence-electron chi connectivity index (χ0n) is 25.9. The van der Waals surface area contributed by atoms with E-state index in [2.05, 4.69) is 40.8 Å². The number of aliphatic hydroxyl groups excluding tert-OH is 1. The van der Waals surface area contributed by atoms with E-state index in [1.807, 2.05) is 24.3 Å². The molecule has 2 N–H and O–H groups in total. The lowest BCUT2D eigenvalue weighted by Gasteiger charge is -2.60. The predicted molar refractivity (Wildman–Crippen MR) is 172 cm³/mol. The van der Waals surface area contributed by atoms with Crippen LogP contribution in [0.3, 0.4) is 0 Å². The summed E-state index contributed by atoms with van der Waals surface area (Å²) in [5.74, 6) is 0.607. The Morgan fingerprint density at radius 3 is 2.68 bits per heavy atom. The maximum Gasteiger partial charge on any atom is 0.175 e. The fourth-order valence-corrected chi connectivity index (χ4v) is 11.4. The number of para-hydroxylation sites is 2. The average molecular weight is 613 g/mol. The Balaban J connectivity index is 1.03. The van der Waals surface area contributed by atoms with Crippen molar-refractivity contribution >= 4 is 34.7 Å². The molecule has 44 heavy (non-hydrogen) atoms. The maximum absolute atomic E-state index is 13.9. The fraction of sp³-hybridized carbons (Fsp3) is 0.611. The highest BCUT2D eigenvalue weighted by atomic mass is 32.2. The van der Waals surface area contributed by atoms with Gasteiger partial charge in [-0.3, -0.25) is 14.5 Å². The van der Waals surface area contributed by atoms with Crippen LogP contribution in [-0.2, 0) is 11.2 Å². The van der Waals surface area contributed by atoms with Gasteiger partial charge in [0.1, 0.15) is 10.6 Å². The van der Waals surface area contributed by atoms with E-state index in [4.69, 9.17) is 5.10 Å². The first-order chi connectivity index (χ1) is 21.2. The first-order valence-corrected chi connectivity index (χ1v) is 17.8. The minimum absolute atomic E-state index is 0.117. The van der Waals surface area contributed by atoms with Crippen molar-refractivity contribution in [2.45, 2.75) is 107 Å². The number of hydrogen-bond donors (Lipinski definition) is 2. The normalized spacial score (nSPS) is 36.7. The summed E-state index contributed by atoms with van der Waals surface area (Å²) in [5.41, 5.74) is 3.47. The largest absolute Gasteiger partial charge is 0.393 e. The average Bonchev–Trinajstić information content (AvgIpc) is 3.55. The van der Waals surface area contributed by atoms with Crippen LogP contribution in [0.4, 0.5) is 0 Å². The summed E-state index contributed by atoms with van der Waals surface area (Å²) in [7, 11) is 0. The number of thioether (sulfide) groups is 1. The second-order valence-corrected chi connectivity index (χ2v) is 15.9. The van der Waals surface area contributed by atoms with E-state index in [0.29, 0.717) is 23.9 Å². The van der Waals surface area contributed by atoms with Gasteiger partial charge in [-0.15, -0.1) is 0 Å². The van der Waals surface area contributed by atoms with Gasteiger partial charge in [0.2, 0.25) is 0 Å². The molecule has 232 valence electrons. The molecule has 0 bridgehead atoms. The van der Waals surface area contributed by atoms with Gasteiger partial charge < -0.3 is 10.2 Å². The summed E-state index contributed by atoms with van der Waals surface area (Å²) in [6.07, 6.45) is 16.7. The van der Waals surface area contributed by atoms with Crippen molar-refractivity contribution in [3.63, 3.8) is 0 Å². The Hall–Kier alpha value is -2.55. The van der Waals surface area contributed by atoms with Crippen molar-refractivity contribution in [3.8, 4) is 0 Å². The lowest BCUT2D eigenvalue weighted by atomic mass is 9.45. The Morgan fingerprint density at radius 1 is 1.07 bits per heavy atom. The number of ketones is 1. The molecule has 5 aliphatic rings. The Kier molecular flexibility index (Phi) is 6.89. The van der Waals surface area contributed by atoms with Crippen molar-refractivity contribution in [1.29, 1.82) is 0 Å². The number of rotatable bonds is 5. The molecule has 2 aromatic heterocycles. The molecule has 7 atom stereocenters. The number of carbonyl (C=O) groups excluding carboxylic acids is 1. The van der Waals surface area contributed by atoms with Gasteiger partial charge in [0, 0.05) is 5.41 Å². The monoisotopic (exact) mass is 612 g/mol. The maximum atomic E-state index is 13.9. The summed E-state index contributed by atoms with van der Waals surface area (Å²) in [4.78, 5) is 23.0. The van der Waals surface area contributed by atoms with Gasteiger partial charge in [-0.25, -0.2) is 4.98 Å². The Bertz CT molecular complexity index is 1650. The molecular weight excluding hydrogens is 568 g/mol. The van der Waals surface area contributed by atoms with E-state index < -0.39 is 17.1 Å². The number of fused-ring (bicyclic) bond motifs is 7. The number of benzene rings is 1. The molecule has 0 spiro atoms. The molecule has 4 saturated carbocycles. The zero-order valence-corrected chi connectivity index (χ0v) is 26.7. The molecule has 0 radical (unpaired) electrons. The smallest absolute Gasteiger partial charge is 0.175 e. The second kappa shape index (κ2) is 10.5. The van der Waals surface area contributed by atoms with Crippen LogP contribution >= 0.6 is 11.8 Å². The van der Waals surface area contributed by atoms with Gasteiger partial charge in [0.05, 0.1) is 47.0 Å². The number of hydrogen-bond acceptors (Lipinski definition) is 7. The van der Waals surface area contributed by atoms with Gasteiger partial charge in [-0.1, -0.05) is 62.6 Å². The highest BCUT2D eigenvalue weighted by Gasteiger charge is 2.68. The third-order valence-electron chi connectivity index (χ3n) is 12.8. The molecule has 3 aromatic rings. The molecule has 8 rings (SSSR count).